The second kappa shape index (κ2) is 7.73. The molecule has 6 nitrogen and oxygen atoms in total. The lowest BCUT2D eigenvalue weighted by molar-refractivity contribution is 0.196. The van der Waals surface area contributed by atoms with Crippen LogP contribution in [0, 0.1) is 0 Å². The molecule has 0 heterocycles. The van der Waals surface area contributed by atoms with Crippen molar-refractivity contribution in [3.8, 4) is 11.5 Å². The van der Waals surface area contributed by atoms with E-state index in [0.717, 1.165) is 5.56 Å². The molecule has 0 unspecified atom stereocenters. The van der Waals surface area contributed by atoms with Crippen LogP contribution >= 0.6 is 0 Å². The van der Waals surface area contributed by atoms with Crippen LogP contribution in [0.1, 0.15) is 26.3 Å². The lowest BCUT2D eigenvalue weighted by Gasteiger charge is -2.21. The Morgan fingerprint density at radius 3 is 2.62 bits per heavy atom. The number of aliphatic hydroxyl groups excluding tert-OH is 1. The van der Waals surface area contributed by atoms with Crippen molar-refractivity contribution in [3.05, 3.63) is 23.8 Å². The highest BCUT2D eigenvalue weighted by Crippen LogP contribution is 2.28. The number of benzene rings is 1. The van der Waals surface area contributed by atoms with Gasteiger partial charge in [-0.05, 0) is 38.5 Å². The van der Waals surface area contributed by atoms with Crippen LogP contribution in [0.2, 0.25) is 0 Å². The molecule has 0 aliphatic carbocycles. The van der Waals surface area contributed by atoms with Gasteiger partial charge in [0.1, 0.15) is 6.61 Å². The Kier molecular flexibility index (Phi) is 6.30. The van der Waals surface area contributed by atoms with E-state index in [1.54, 1.807) is 13.2 Å². The van der Waals surface area contributed by atoms with Crippen LogP contribution in [0.25, 0.3) is 0 Å². The van der Waals surface area contributed by atoms with E-state index in [9.17, 15) is 0 Å². The summed E-state index contributed by atoms with van der Waals surface area (Å²) in [4.78, 5) is 4.29. The number of hydrogen-bond acceptors (Lipinski definition) is 4. The van der Waals surface area contributed by atoms with E-state index in [-0.39, 0.29) is 18.8 Å². The van der Waals surface area contributed by atoms with E-state index in [0.29, 0.717) is 24.0 Å². The summed E-state index contributed by atoms with van der Waals surface area (Å²) in [5, 5.41) is 11.9. The normalized spacial score (nSPS) is 12.1. The van der Waals surface area contributed by atoms with Crippen LogP contribution in [-0.2, 0) is 6.54 Å². The van der Waals surface area contributed by atoms with E-state index >= 15 is 0 Å². The Hall–Kier alpha value is -1.95. The average Bonchev–Trinajstić information content (AvgIpc) is 2.41. The van der Waals surface area contributed by atoms with Gasteiger partial charge in [0, 0.05) is 5.54 Å². The standard InChI is InChI=1S/C15H25N3O3/c1-15(2,3)18-14(16)17-10-11-5-6-12(21-8-7-19)13(9-11)20-4/h5-6,9,19H,7-8,10H2,1-4H3,(H3,16,17,18). The first kappa shape index (κ1) is 17.1. The van der Waals surface area contributed by atoms with Gasteiger partial charge in [-0.25, -0.2) is 4.99 Å². The van der Waals surface area contributed by atoms with Crippen LogP contribution in [0.4, 0.5) is 0 Å². The van der Waals surface area contributed by atoms with E-state index in [4.69, 9.17) is 20.3 Å². The number of aliphatic imine (C=N–C) groups is 1. The minimum atomic E-state index is -0.118. The molecular weight excluding hydrogens is 270 g/mol. The van der Waals surface area contributed by atoms with Crippen molar-refractivity contribution >= 4 is 5.96 Å². The highest BCUT2D eigenvalue weighted by atomic mass is 16.5. The van der Waals surface area contributed by atoms with Gasteiger partial charge in [-0.2, -0.15) is 0 Å². The second-order valence-corrected chi connectivity index (χ2v) is 5.63. The SMILES string of the molecule is COc1cc(CN=C(N)NC(C)(C)C)ccc1OCCO. The van der Waals surface area contributed by atoms with Crippen molar-refractivity contribution in [1.82, 2.24) is 5.32 Å². The monoisotopic (exact) mass is 295 g/mol. The summed E-state index contributed by atoms with van der Waals surface area (Å²) >= 11 is 0. The van der Waals surface area contributed by atoms with E-state index < -0.39 is 0 Å². The second-order valence-electron chi connectivity index (χ2n) is 5.63. The molecule has 0 amide bonds. The first-order valence-corrected chi connectivity index (χ1v) is 6.84. The minimum absolute atomic E-state index is 0.0375. The Balaban J connectivity index is 2.74. The molecule has 0 aliphatic rings. The smallest absolute Gasteiger partial charge is 0.189 e. The van der Waals surface area contributed by atoms with Crippen LogP contribution < -0.4 is 20.5 Å². The molecule has 0 aromatic heterocycles. The number of nitrogens with two attached hydrogens (primary N) is 1. The molecule has 1 rings (SSSR count). The fourth-order valence-corrected chi connectivity index (χ4v) is 1.69. The summed E-state index contributed by atoms with van der Waals surface area (Å²) in [7, 11) is 1.57. The van der Waals surface area contributed by atoms with Crippen molar-refractivity contribution in [2.24, 2.45) is 10.7 Å². The van der Waals surface area contributed by atoms with E-state index in [2.05, 4.69) is 10.3 Å². The zero-order valence-corrected chi connectivity index (χ0v) is 13.1. The molecule has 0 saturated heterocycles. The van der Waals surface area contributed by atoms with Crippen LogP contribution in [0.15, 0.2) is 23.2 Å². The Morgan fingerprint density at radius 1 is 1.33 bits per heavy atom. The summed E-state index contributed by atoms with van der Waals surface area (Å²) in [5.74, 6) is 1.61. The molecule has 0 spiro atoms. The number of nitrogens with zero attached hydrogens (tertiary/aromatic N) is 1. The maximum atomic E-state index is 8.78. The Morgan fingerprint density at radius 2 is 2.05 bits per heavy atom. The molecule has 1 aromatic rings. The third-order valence-electron chi connectivity index (χ3n) is 2.51. The molecule has 118 valence electrons. The molecule has 0 fully saturated rings. The fourth-order valence-electron chi connectivity index (χ4n) is 1.69. The molecule has 0 aliphatic heterocycles. The number of aliphatic hydroxyl groups is 1. The summed E-state index contributed by atoms with van der Waals surface area (Å²) in [6.45, 7) is 6.70. The highest BCUT2D eigenvalue weighted by Gasteiger charge is 2.10. The average molecular weight is 295 g/mol. The lowest BCUT2D eigenvalue weighted by Crippen LogP contribution is -2.44. The summed E-state index contributed by atoms with van der Waals surface area (Å²) in [6, 6.07) is 5.54. The zero-order chi connectivity index (χ0) is 15.9. The van der Waals surface area contributed by atoms with Gasteiger partial charge in [0.2, 0.25) is 0 Å². The number of rotatable bonds is 6. The number of hydrogen-bond donors (Lipinski definition) is 3. The molecule has 0 bridgehead atoms. The van der Waals surface area contributed by atoms with Gasteiger partial charge < -0.3 is 25.6 Å². The Labute approximate surface area is 126 Å². The van der Waals surface area contributed by atoms with Crippen LogP contribution in [0.3, 0.4) is 0 Å². The summed E-state index contributed by atoms with van der Waals surface area (Å²) in [6.07, 6.45) is 0. The third kappa shape index (κ3) is 6.35. The Bertz CT molecular complexity index is 482. The topological polar surface area (TPSA) is 89.1 Å². The summed E-state index contributed by atoms with van der Waals surface area (Å²) < 4.78 is 10.6. The largest absolute Gasteiger partial charge is 0.493 e. The van der Waals surface area contributed by atoms with Gasteiger partial charge in [-0.15, -0.1) is 0 Å². The van der Waals surface area contributed by atoms with Gasteiger partial charge in [0.05, 0.1) is 20.3 Å². The summed E-state index contributed by atoms with van der Waals surface area (Å²) in [5.41, 5.74) is 6.67. The predicted octanol–water partition coefficient (Wildman–Crippen LogP) is 1.27. The quantitative estimate of drug-likeness (QED) is 0.543. The first-order chi connectivity index (χ1) is 9.85. The molecule has 0 saturated carbocycles. The van der Waals surface area contributed by atoms with E-state index in [1.807, 2.05) is 32.9 Å². The van der Waals surface area contributed by atoms with Gasteiger partial charge in [0.15, 0.2) is 17.5 Å². The molecule has 6 heteroatoms. The van der Waals surface area contributed by atoms with Crippen LogP contribution in [-0.4, -0.2) is 36.9 Å². The predicted molar refractivity (Wildman–Crippen MR) is 83.8 cm³/mol. The molecule has 4 N–H and O–H groups in total. The van der Waals surface area contributed by atoms with Gasteiger partial charge in [0.25, 0.3) is 0 Å². The van der Waals surface area contributed by atoms with Gasteiger partial charge in [-0.1, -0.05) is 6.07 Å². The molecule has 0 radical (unpaired) electrons. The van der Waals surface area contributed by atoms with Gasteiger partial charge in [-0.3, -0.25) is 0 Å². The minimum Gasteiger partial charge on any atom is -0.493 e. The molecule has 21 heavy (non-hydrogen) atoms. The molecule has 0 atom stereocenters. The van der Waals surface area contributed by atoms with Gasteiger partial charge >= 0.3 is 0 Å². The number of guanidine groups is 1. The van der Waals surface area contributed by atoms with Crippen LogP contribution in [0.5, 0.6) is 11.5 Å². The maximum Gasteiger partial charge on any atom is 0.189 e. The third-order valence-corrected chi connectivity index (χ3v) is 2.51. The fraction of sp³-hybridized carbons (Fsp3) is 0.533. The van der Waals surface area contributed by atoms with E-state index in [1.165, 1.54) is 0 Å². The highest BCUT2D eigenvalue weighted by molar-refractivity contribution is 5.78. The lowest BCUT2D eigenvalue weighted by atomic mass is 10.1. The number of ether oxygens (including phenoxy) is 2. The van der Waals surface area contributed by atoms with Crippen molar-refractivity contribution in [1.29, 1.82) is 0 Å². The van der Waals surface area contributed by atoms with Crippen molar-refractivity contribution < 1.29 is 14.6 Å². The maximum absolute atomic E-state index is 8.78. The first-order valence-electron chi connectivity index (χ1n) is 6.84. The van der Waals surface area contributed by atoms with Crippen molar-refractivity contribution in [2.75, 3.05) is 20.3 Å². The zero-order valence-electron chi connectivity index (χ0n) is 13.1. The number of nitrogens with one attached hydrogen (secondary N) is 1. The number of methoxy groups -OCH3 is 1. The van der Waals surface area contributed by atoms with Crippen molar-refractivity contribution in [3.63, 3.8) is 0 Å². The van der Waals surface area contributed by atoms with Crippen molar-refractivity contribution in [2.45, 2.75) is 32.9 Å². The molecule has 1 aromatic carbocycles. The molecular formula is C15H25N3O3.